The van der Waals surface area contributed by atoms with E-state index < -0.39 is 0 Å². The van der Waals surface area contributed by atoms with Crippen LogP contribution < -0.4 is 4.74 Å². The number of unbranched alkanes of at least 4 members (excludes halogenated alkanes) is 4. The molecule has 2 aromatic rings. The summed E-state index contributed by atoms with van der Waals surface area (Å²) in [5, 5.41) is 2.18. The van der Waals surface area contributed by atoms with Gasteiger partial charge in [-0.15, -0.1) is 11.3 Å². The zero-order valence-electron chi connectivity index (χ0n) is 23.8. The van der Waals surface area contributed by atoms with Gasteiger partial charge >= 0.3 is 5.97 Å². The Morgan fingerprint density at radius 3 is 2.43 bits per heavy atom. The lowest BCUT2D eigenvalue weighted by Crippen LogP contribution is -2.41. The van der Waals surface area contributed by atoms with E-state index in [1.807, 2.05) is 17.4 Å². The number of benzene rings is 1. The van der Waals surface area contributed by atoms with Crippen molar-refractivity contribution in [2.75, 3.05) is 13.1 Å². The molecule has 37 heavy (non-hydrogen) atoms. The molecule has 1 unspecified atom stereocenters. The molecule has 1 aliphatic rings. The number of ether oxygens (including phenoxy) is 1. The summed E-state index contributed by atoms with van der Waals surface area (Å²) in [6.45, 7) is 9.08. The number of rotatable bonds is 18. The SMILES string of the molecule is CCCCCC(CCCCC)CCC(=O)Oc1cccc2c1CCC(N(CCC)CCc1cccs1)C2. The molecule has 1 aromatic heterocycles. The summed E-state index contributed by atoms with van der Waals surface area (Å²) in [6.07, 6.45) is 17.2. The maximum absolute atomic E-state index is 12.9. The van der Waals surface area contributed by atoms with E-state index in [-0.39, 0.29) is 5.97 Å². The molecule has 0 saturated heterocycles. The summed E-state index contributed by atoms with van der Waals surface area (Å²) < 4.78 is 6.00. The van der Waals surface area contributed by atoms with Crippen molar-refractivity contribution in [3.05, 3.63) is 51.7 Å². The summed E-state index contributed by atoms with van der Waals surface area (Å²) in [5.41, 5.74) is 2.64. The average molecular weight is 526 g/mol. The zero-order valence-corrected chi connectivity index (χ0v) is 24.6. The van der Waals surface area contributed by atoms with Crippen LogP contribution in [-0.4, -0.2) is 30.0 Å². The van der Waals surface area contributed by atoms with E-state index in [4.69, 9.17) is 4.74 Å². The molecule has 4 heteroatoms. The lowest BCUT2D eigenvalue weighted by atomic mass is 9.86. The molecule has 206 valence electrons. The summed E-state index contributed by atoms with van der Waals surface area (Å²) in [5.74, 6) is 1.43. The fraction of sp³-hybridized carbons (Fsp3) is 0.667. The van der Waals surface area contributed by atoms with Gasteiger partial charge in [0.1, 0.15) is 5.75 Å². The molecular weight excluding hydrogens is 474 g/mol. The normalized spacial score (nSPS) is 15.3. The molecule has 0 spiro atoms. The molecule has 0 amide bonds. The third-order valence-corrected chi connectivity index (χ3v) is 9.01. The average Bonchev–Trinajstić information content (AvgIpc) is 3.43. The molecule has 1 heterocycles. The maximum atomic E-state index is 12.9. The minimum Gasteiger partial charge on any atom is -0.426 e. The molecule has 3 rings (SSSR count). The van der Waals surface area contributed by atoms with Crippen molar-refractivity contribution in [3.63, 3.8) is 0 Å². The fourth-order valence-electron chi connectivity index (χ4n) is 5.93. The Bertz CT molecular complexity index is 884. The number of nitrogens with zero attached hydrogens (tertiary/aromatic N) is 1. The van der Waals surface area contributed by atoms with Crippen LogP contribution in [0, 0.1) is 5.92 Å². The van der Waals surface area contributed by atoms with Crippen LogP contribution in [0.1, 0.15) is 114 Å². The van der Waals surface area contributed by atoms with E-state index in [0.717, 1.165) is 50.9 Å². The second kappa shape index (κ2) is 17.0. The van der Waals surface area contributed by atoms with Crippen LogP contribution in [0.5, 0.6) is 5.75 Å². The van der Waals surface area contributed by atoms with Gasteiger partial charge < -0.3 is 4.74 Å². The van der Waals surface area contributed by atoms with Crippen molar-refractivity contribution in [1.29, 1.82) is 0 Å². The van der Waals surface area contributed by atoms with Crippen molar-refractivity contribution in [1.82, 2.24) is 4.90 Å². The summed E-state index contributed by atoms with van der Waals surface area (Å²) in [6, 6.07) is 11.3. The number of fused-ring (bicyclic) bond motifs is 1. The largest absolute Gasteiger partial charge is 0.426 e. The highest BCUT2D eigenvalue weighted by Crippen LogP contribution is 2.32. The highest BCUT2D eigenvalue weighted by molar-refractivity contribution is 7.09. The summed E-state index contributed by atoms with van der Waals surface area (Å²) >= 11 is 1.87. The Morgan fingerprint density at radius 1 is 0.973 bits per heavy atom. The van der Waals surface area contributed by atoms with Crippen LogP contribution in [0.25, 0.3) is 0 Å². The van der Waals surface area contributed by atoms with Crippen molar-refractivity contribution in [2.24, 2.45) is 5.92 Å². The van der Waals surface area contributed by atoms with Gasteiger partial charge in [0.25, 0.3) is 0 Å². The molecule has 1 aromatic carbocycles. The number of hydrogen-bond donors (Lipinski definition) is 0. The third-order valence-electron chi connectivity index (χ3n) is 8.08. The van der Waals surface area contributed by atoms with Crippen LogP contribution in [0.4, 0.5) is 0 Å². The Morgan fingerprint density at radius 2 is 1.76 bits per heavy atom. The van der Waals surface area contributed by atoms with Crippen molar-refractivity contribution < 1.29 is 9.53 Å². The van der Waals surface area contributed by atoms with Crippen LogP contribution in [0.2, 0.25) is 0 Å². The Hall–Kier alpha value is -1.65. The molecule has 1 atom stereocenters. The first-order chi connectivity index (χ1) is 18.1. The zero-order chi connectivity index (χ0) is 26.3. The molecule has 0 radical (unpaired) electrons. The van der Waals surface area contributed by atoms with Gasteiger partial charge in [0.05, 0.1) is 0 Å². The van der Waals surface area contributed by atoms with E-state index in [0.29, 0.717) is 18.4 Å². The third kappa shape index (κ3) is 10.2. The molecule has 0 fully saturated rings. The lowest BCUT2D eigenvalue weighted by molar-refractivity contribution is -0.134. The first-order valence-electron chi connectivity index (χ1n) is 15.2. The van der Waals surface area contributed by atoms with Gasteiger partial charge in [0.2, 0.25) is 0 Å². The Kier molecular flexibility index (Phi) is 13.8. The smallest absolute Gasteiger partial charge is 0.311 e. The highest BCUT2D eigenvalue weighted by atomic mass is 32.1. The summed E-state index contributed by atoms with van der Waals surface area (Å²) in [4.78, 5) is 17.1. The predicted octanol–water partition coefficient (Wildman–Crippen LogP) is 9.02. The second-order valence-corrected chi connectivity index (χ2v) is 12.1. The molecule has 3 nitrogen and oxygen atoms in total. The minimum absolute atomic E-state index is 0.0462. The second-order valence-electron chi connectivity index (χ2n) is 11.0. The van der Waals surface area contributed by atoms with E-state index in [9.17, 15) is 4.79 Å². The van der Waals surface area contributed by atoms with Gasteiger partial charge in [0.15, 0.2) is 0 Å². The number of carbonyl (C=O) groups excluding carboxylic acids is 1. The lowest BCUT2D eigenvalue weighted by Gasteiger charge is -2.35. The van der Waals surface area contributed by atoms with Gasteiger partial charge in [-0.3, -0.25) is 9.69 Å². The quantitative estimate of drug-likeness (QED) is 0.110. The monoisotopic (exact) mass is 525 g/mol. The van der Waals surface area contributed by atoms with Gasteiger partial charge in [-0.2, -0.15) is 0 Å². The van der Waals surface area contributed by atoms with Gasteiger partial charge in [-0.05, 0) is 79.6 Å². The number of hydrogen-bond acceptors (Lipinski definition) is 4. The van der Waals surface area contributed by atoms with Crippen LogP contribution in [-0.2, 0) is 24.1 Å². The molecule has 0 bridgehead atoms. The van der Waals surface area contributed by atoms with E-state index >= 15 is 0 Å². The van der Waals surface area contributed by atoms with Crippen molar-refractivity contribution in [2.45, 2.75) is 123 Å². The van der Waals surface area contributed by atoms with Crippen molar-refractivity contribution in [3.8, 4) is 5.75 Å². The first-order valence-corrected chi connectivity index (χ1v) is 16.1. The number of esters is 1. The number of thiophene rings is 1. The van der Waals surface area contributed by atoms with E-state index in [1.54, 1.807) is 0 Å². The standard InChI is InChI=1S/C33H51NO2S/c1-4-7-9-13-27(14-10-8-5-2)18-21-33(35)36-32-17-11-15-28-26-29(19-20-31(28)32)34(23-6-3)24-22-30-16-12-25-37-30/h11-12,15-17,25,27,29H,4-10,13-14,18-24,26H2,1-3H3. The topological polar surface area (TPSA) is 29.5 Å². The van der Waals surface area contributed by atoms with Crippen LogP contribution in [0.15, 0.2) is 35.7 Å². The number of carbonyl (C=O) groups is 1. The molecule has 0 aliphatic heterocycles. The van der Waals surface area contributed by atoms with E-state index in [1.165, 1.54) is 73.8 Å². The van der Waals surface area contributed by atoms with E-state index in [2.05, 4.69) is 55.3 Å². The van der Waals surface area contributed by atoms with Crippen molar-refractivity contribution >= 4 is 17.3 Å². The Labute approximate surface area is 231 Å². The summed E-state index contributed by atoms with van der Waals surface area (Å²) in [7, 11) is 0. The van der Waals surface area contributed by atoms with Gasteiger partial charge in [-0.1, -0.05) is 90.3 Å². The predicted molar refractivity (Wildman–Crippen MR) is 159 cm³/mol. The fourth-order valence-corrected chi connectivity index (χ4v) is 6.63. The van der Waals surface area contributed by atoms with Crippen LogP contribution in [0.3, 0.4) is 0 Å². The molecule has 0 N–H and O–H groups in total. The minimum atomic E-state index is -0.0462. The van der Waals surface area contributed by atoms with Crippen LogP contribution >= 0.6 is 11.3 Å². The molecule has 0 saturated carbocycles. The molecule has 1 aliphatic carbocycles. The van der Waals surface area contributed by atoms with Gasteiger partial charge in [-0.25, -0.2) is 0 Å². The highest BCUT2D eigenvalue weighted by Gasteiger charge is 2.26. The Balaban J connectivity index is 1.54. The maximum Gasteiger partial charge on any atom is 0.311 e. The first kappa shape index (κ1) is 29.9. The van der Waals surface area contributed by atoms with Gasteiger partial charge in [0, 0.05) is 23.9 Å². The molecular formula is C33H51NO2S.